The van der Waals surface area contributed by atoms with Crippen molar-refractivity contribution in [2.45, 2.75) is 6.54 Å². The molecule has 0 aliphatic carbocycles. The van der Waals surface area contributed by atoms with Gasteiger partial charge in [-0.1, -0.05) is 16.8 Å². The molecular formula is C10H8ClF2N3O2. The molecular weight excluding hydrogens is 268 g/mol. The maximum Gasteiger partial charge on any atom is 0.240 e. The molecule has 0 fully saturated rings. The first-order valence-corrected chi connectivity index (χ1v) is 5.20. The van der Waals surface area contributed by atoms with E-state index in [-0.39, 0.29) is 29.0 Å². The first kappa shape index (κ1) is 12.7. The third-order valence-electron chi connectivity index (χ3n) is 2.21. The summed E-state index contributed by atoms with van der Waals surface area (Å²) < 4.78 is 37.1. The minimum atomic E-state index is -1.02. The van der Waals surface area contributed by atoms with Crippen molar-refractivity contribution in [3.8, 4) is 17.1 Å². The van der Waals surface area contributed by atoms with Gasteiger partial charge in [-0.15, -0.1) is 0 Å². The highest BCUT2D eigenvalue weighted by Crippen LogP contribution is 2.35. The Morgan fingerprint density at radius 1 is 1.50 bits per heavy atom. The molecule has 0 spiro atoms. The number of nitrogens with two attached hydrogens (primary N) is 1. The molecule has 5 nitrogen and oxygen atoms in total. The quantitative estimate of drug-likeness (QED) is 0.869. The fourth-order valence-corrected chi connectivity index (χ4v) is 1.59. The first-order valence-electron chi connectivity index (χ1n) is 4.83. The molecule has 0 aliphatic heterocycles. The summed E-state index contributed by atoms with van der Waals surface area (Å²) in [5.41, 5.74) is 4.78. The van der Waals surface area contributed by atoms with Gasteiger partial charge in [0.2, 0.25) is 11.7 Å². The average Bonchev–Trinajstić information content (AvgIpc) is 2.82. The van der Waals surface area contributed by atoms with E-state index in [1.165, 1.54) is 7.11 Å². The topological polar surface area (TPSA) is 74.2 Å². The van der Waals surface area contributed by atoms with Gasteiger partial charge in [-0.25, -0.2) is 8.78 Å². The monoisotopic (exact) mass is 275 g/mol. The van der Waals surface area contributed by atoms with Crippen molar-refractivity contribution in [1.82, 2.24) is 10.1 Å². The van der Waals surface area contributed by atoms with Crippen LogP contribution in [0.1, 0.15) is 5.89 Å². The Kier molecular flexibility index (Phi) is 3.44. The van der Waals surface area contributed by atoms with Crippen LogP contribution in [0, 0.1) is 11.6 Å². The molecule has 8 heteroatoms. The zero-order chi connectivity index (χ0) is 13.3. The summed E-state index contributed by atoms with van der Waals surface area (Å²) in [6, 6.07) is 0.944. The number of nitrogens with zero attached hydrogens (tertiary/aromatic N) is 2. The molecule has 0 saturated carbocycles. The molecule has 0 unspecified atom stereocenters. The molecule has 0 amide bonds. The van der Waals surface area contributed by atoms with Gasteiger partial charge in [0.1, 0.15) is 16.6 Å². The highest BCUT2D eigenvalue weighted by Gasteiger charge is 2.23. The molecule has 2 N–H and O–H groups in total. The molecule has 96 valence electrons. The van der Waals surface area contributed by atoms with E-state index in [0.717, 1.165) is 6.07 Å². The fraction of sp³-hybridized carbons (Fsp3) is 0.200. The lowest BCUT2D eigenvalue weighted by Gasteiger charge is -2.07. The normalized spacial score (nSPS) is 10.7. The molecule has 0 bridgehead atoms. The minimum Gasteiger partial charge on any atom is -0.495 e. The van der Waals surface area contributed by atoms with Crippen LogP contribution in [0.15, 0.2) is 10.6 Å². The van der Waals surface area contributed by atoms with Crippen LogP contribution in [0.3, 0.4) is 0 Å². The zero-order valence-electron chi connectivity index (χ0n) is 9.21. The van der Waals surface area contributed by atoms with Gasteiger partial charge < -0.3 is 15.0 Å². The summed E-state index contributed by atoms with van der Waals surface area (Å²) in [7, 11) is 1.25. The van der Waals surface area contributed by atoms with E-state index in [2.05, 4.69) is 14.7 Å². The van der Waals surface area contributed by atoms with Crippen LogP contribution >= 0.6 is 11.6 Å². The van der Waals surface area contributed by atoms with Crippen molar-refractivity contribution in [2.75, 3.05) is 7.11 Å². The fourth-order valence-electron chi connectivity index (χ4n) is 1.37. The second kappa shape index (κ2) is 4.87. The number of hydrogen-bond acceptors (Lipinski definition) is 5. The number of aromatic nitrogens is 2. The minimum absolute atomic E-state index is 0.0277. The van der Waals surface area contributed by atoms with Gasteiger partial charge in [-0.3, -0.25) is 0 Å². The Bertz CT molecular complexity index is 589. The summed E-state index contributed by atoms with van der Waals surface area (Å²) in [5, 5.41) is 3.08. The summed E-state index contributed by atoms with van der Waals surface area (Å²) in [6.45, 7) is -0.0277. The van der Waals surface area contributed by atoms with Crippen LogP contribution in [-0.2, 0) is 6.54 Å². The Labute approximate surface area is 105 Å². The molecule has 18 heavy (non-hydrogen) atoms. The van der Waals surface area contributed by atoms with Crippen LogP contribution in [0.2, 0.25) is 5.02 Å². The second-order valence-corrected chi connectivity index (χ2v) is 3.66. The van der Waals surface area contributed by atoms with E-state index < -0.39 is 17.2 Å². The molecule has 1 aromatic carbocycles. The molecule has 0 atom stereocenters. The molecule has 2 aromatic rings. The SMILES string of the molecule is COc1cc(F)c(-c2noc(CN)n2)c(F)c1Cl. The first-order chi connectivity index (χ1) is 8.58. The number of hydrogen-bond donors (Lipinski definition) is 1. The smallest absolute Gasteiger partial charge is 0.240 e. The Hall–Kier alpha value is -1.73. The number of benzene rings is 1. The Morgan fingerprint density at radius 3 is 2.78 bits per heavy atom. The maximum absolute atomic E-state index is 13.9. The number of ether oxygens (including phenoxy) is 1. The van der Waals surface area contributed by atoms with Crippen molar-refractivity contribution >= 4 is 11.6 Å². The molecule has 0 saturated heterocycles. The van der Waals surface area contributed by atoms with Crippen molar-refractivity contribution in [1.29, 1.82) is 0 Å². The highest BCUT2D eigenvalue weighted by atomic mass is 35.5. The third kappa shape index (κ3) is 2.02. The van der Waals surface area contributed by atoms with Gasteiger partial charge in [0, 0.05) is 6.07 Å². The Balaban J connectivity index is 2.60. The van der Waals surface area contributed by atoms with Crippen LogP contribution in [-0.4, -0.2) is 17.3 Å². The van der Waals surface area contributed by atoms with Crippen LogP contribution in [0.4, 0.5) is 8.78 Å². The van der Waals surface area contributed by atoms with Crippen molar-refractivity contribution in [3.63, 3.8) is 0 Å². The van der Waals surface area contributed by atoms with Gasteiger partial charge in [0.05, 0.1) is 19.2 Å². The average molecular weight is 276 g/mol. The van der Waals surface area contributed by atoms with Gasteiger partial charge in [-0.05, 0) is 0 Å². The van der Waals surface area contributed by atoms with E-state index in [4.69, 9.17) is 22.1 Å². The standard InChI is InChI=1S/C10H8ClF2N3O2/c1-17-5-2-4(12)7(9(13)8(5)11)10-15-6(3-14)18-16-10/h2H,3,14H2,1H3. The van der Waals surface area contributed by atoms with Crippen LogP contribution in [0.25, 0.3) is 11.4 Å². The van der Waals surface area contributed by atoms with Gasteiger partial charge in [-0.2, -0.15) is 4.98 Å². The highest BCUT2D eigenvalue weighted by molar-refractivity contribution is 6.32. The predicted octanol–water partition coefficient (Wildman–Crippen LogP) is 2.14. The summed E-state index contributed by atoms with van der Waals surface area (Å²) in [4.78, 5) is 3.74. The van der Waals surface area contributed by atoms with Gasteiger partial charge in [0.25, 0.3) is 0 Å². The van der Waals surface area contributed by atoms with E-state index in [0.29, 0.717) is 0 Å². The largest absolute Gasteiger partial charge is 0.495 e. The maximum atomic E-state index is 13.9. The molecule has 2 rings (SSSR count). The number of rotatable bonds is 3. The summed E-state index contributed by atoms with van der Waals surface area (Å²) in [5.74, 6) is -2.22. The molecule has 1 heterocycles. The molecule has 1 aromatic heterocycles. The zero-order valence-corrected chi connectivity index (χ0v) is 9.96. The van der Waals surface area contributed by atoms with Crippen molar-refractivity contribution in [2.24, 2.45) is 5.73 Å². The lowest BCUT2D eigenvalue weighted by Crippen LogP contribution is -1.98. The van der Waals surface area contributed by atoms with E-state index in [9.17, 15) is 8.78 Å². The number of halogens is 3. The number of methoxy groups -OCH3 is 1. The van der Waals surface area contributed by atoms with Crippen LogP contribution < -0.4 is 10.5 Å². The van der Waals surface area contributed by atoms with E-state index in [1.807, 2.05) is 0 Å². The third-order valence-corrected chi connectivity index (χ3v) is 2.56. The lowest BCUT2D eigenvalue weighted by atomic mass is 10.1. The molecule has 0 radical (unpaired) electrons. The summed E-state index contributed by atoms with van der Waals surface area (Å²) >= 11 is 5.68. The van der Waals surface area contributed by atoms with E-state index >= 15 is 0 Å². The molecule has 0 aliphatic rings. The predicted molar refractivity (Wildman–Crippen MR) is 59.1 cm³/mol. The van der Waals surface area contributed by atoms with Crippen molar-refractivity contribution in [3.05, 3.63) is 28.6 Å². The second-order valence-electron chi connectivity index (χ2n) is 3.28. The van der Waals surface area contributed by atoms with E-state index in [1.54, 1.807) is 0 Å². The van der Waals surface area contributed by atoms with Crippen LogP contribution in [0.5, 0.6) is 5.75 Å². The van der Waals surface area contributed by atoms with Gasteiger partial charge in [0.15, 0.2) is 5.82 Å². The Morgan fingerprint density at radius 2 is 2.22 bits per heavy atom. The summed E-state index contributed by atoms with van der Waals surface area (Å²) in [6.07, 6.45) is 0. The lowest BCUT2D eigenvalue weighted by molar-refractivity contribution is 0.380. The van der Waals surface area contributed by atoms with Crippen molar-refractivity contribution < 1.29 is 18.0 Å². The van der Waals surface area contributed by atoms with Gasteiger partial charge >= 0.3 is 0 Å².